The zero-order chi connectivity index (χ0) is 8.65. The summed E-state index contributed by atoms with van der Waals surface area (Å²) in [5, 5.41) is 11.3. The third-order valence-corrected chi connectivity index (χ3v) is 2.64. The van der Waals surface area contributed by atoms with E-state index in [1.807, 2.05) is 20.8 Å². The Morgan fingerprint density at radius 2 is 2.27 bits per heavy atom. The first-order valence-electron chi connectivity index (χ1n) is 3.78. The minimum atomic E-state index is -0.407. The Balaban J connectivity index is 3.01. The van der Waals surface area contributed by atoms with Crippen molar-refractivity contribution in [3.8, 4) is 0 Å². The van der Waals surface area contributed by atoms with Crippen LogP contribution in [0.5, 0.6) is 0 Å². The van der Waals surface area contributed by atoms with Crippen LogP contribution >= 0.6 is 0 Å². The maximum absolute atomic E-state index is 11.3. The van der Waals surface area contributed by atoms with Gasteiger partial charge in [0.1, 0.15) is 0 Å². The van der Waals surface area contributed by atoms with Gasteiger partial charge in [0, 0.05) is 26.2 Å². The van der Waals surface area contributed by atoms with Gasteiger partial charge in [-0.1, -0.05) is 6.92 Å². The molecule has 0 saturated carbocycles. The standard InChI is InChI=1S/C8H13NO2/c1-6-4-7(5-10)9(11)8(6,2)3/h5-6H,4H2,1-3H3. The average Bonchev–Trinajstić information content (AvgIpc) is 2.14. The van der Waals surface area contributed by atoms with Gasteiger partial charge in [0.2, 0.25) is 12.0 Å². The topological polar surface area (TPSA) is 43.1 Å². The zero-order valence-electron chi connectivity index (χ0n) is 7.13. The predicted molar refractivity (Wildman–Crippen MR) is 42.6 cm³/mol. The van der Waals surface area contributed by atoms with Gasteiger partial charge in [-0.3, -0.25) is 4.79 Å². The van der Waals surface area contributed by atoms with Crippen LogP contribution in [0.3, 0.4) is 0 Å². The molecule has 0 saturated heterocycles. The summed E-state index contributed by atoms with van der Waals surface area (Å²) in [5.41, 5.74) is -0.0292. The molecule has 1 aliphatic rings. The molecule has 0 fully saturated rings. The monoisotopic (exact) mass is 155 g/mol. The number of hydrogen-bond donors (Lipinski definition) is 0. The zero-order valence-corrected chi connectivity index (χ0v) is 7.13. The van der Waals surface area contributed by atoms with Crippen molar-refractivity contribution in [3.63, 3.8) is 0 Å². The number of rotatable bonds is 1. The predicted octanol–water partition coefficient (Wildman–Crippen LogP) is 0.955. The third-order valence-electron chi connectivity index (χ3n) is 2.64. The molecule has 11 heavy (non-hydrogen) atoms. The summed E-state index contributed by atoms with van der Waals surface area (Å²) in [5.74, 6) is 0.264. The van der Waals surface area contributed by atoms with Gasteiger partial charge in [0.05, 0.1) is 0 Å². The van der Waals surface area contributed by atoms with Crippen LogP contribution in [0, 0.1) is 11.1 Å². The first-order valence-corrected chi connectivity index (χ1v) is 3.78. The summed E-state index contributed by atoms with van der Waals surface area (Å²) >= 11 is 0. The summed E-state index contributed by atoms with van der Waals surface area (Å²) in [6.07, 6.45) is 1.28. The largest absolute Gasteiger partial charge is 0.623 e. The first-order chi connectivity index (χ1) is 5.00. The first kappa shape index (κ1) is 8.24. The summed E-state index contributed by atoms with van der Waals surface area (Å²) in [4.78, 5) is 10.4. The third kappa shape index (κ3) is 1.04. The molecule has 3 nitrogen and oxygen atoms in total. The molecule has 3 heteroatoms. The number of nitrogens with zero attached hydrogens (tertiary/aromatic N) is 1. The van der Waals surface area contributed by atoms with Gasteiger partial charge in [-0.15, -0.1) is 0 Å². The second-order valence-electron chi connectivity index (χ2n) is 3.66. The van der Waals surface area contributed by atoms with Crippen LogP contribution in [0.4, 0.5) is 0 Å². The van der Waals surface area contributed by atoms with Crippen LogP contribution in [-0.4, -0.2) is 22.3 Å². The van der Waals surface area contributed by atoms with E-state index in [0.29, 0.717) is 18.4 Å². The second kappa shape index (κ2) is 2.32. The highest BCUT2D eigenvalue weighted by molar-refractivity contribution is 6.26. The number of hydroxylamine groups is 1. The highest BCUT2D eigenvalue weighted by atomic mass is 16.5. The fraction of sp³-hybridized carbons (Fsp3) is 0.750. The number of carbonyl (C=O) groups excluding carboxylic acids is 1. The molecular weight excluding hydrogens is 142 g/mol. The fourth-order valence-electron chi connectivity index (χ4n) is 1.31. The smallest absolute Gasteiger partial charge is 0.228 e. The molecule has 0 aromatic carbocycles. The maximum atomic E-state index is 11.3. The molecule has 62 valence electrons. The van der Waals surface area contributed by atoms with Gasteiger partial charge in [-0.25, -0.2) is 4.74 Å². The molecule has 1 heterocycles. The average molecular weight is 155 g/mol. The van der Waals surface area contributed by atoms with Crippen LogP contribution in [0.15, 0.2) is 0 Å². The molecule has 1 atom stereocenters. The Labute approximate surface area is 66.3 Å². The quantitative estimate of drug-likeness (QED) is 0.321. The van der Waals surface area contributed by atoms with E-state index >= 15 is 0 Å². The molecule has 0 bridgehead atoms. The van der Waals surface area contributed by atoms with Crippen molar-refractivity contribution in [1.82, 2.24) is 0 Å². The molecular formula is C8H13NO2. The number of hydrogen-bond acceptors (Lipinski definition) is 2. The highest BCUT2D eigenvalue weighted by Crippen LogP contribution is 2.29. The summed E-state index contributed by atoms with van der Waals surface area (Å²) < 4.78 is 0.838. The van der Waals surface area contributed by atoms with Crippen molar-refractivity contribution in [3.05, 3.63) is 5.21 Å². The van der Waals surface area contributed by atoms with E-state index in [-0.39, 0.29) is 5.92 Å². The van der Waals surface area contributed by atoms with E-state index in [1.54, 1.807) is 0 Å². The normalized spacial score (nSPS) is 29.2. The SMILES string of the molecule is CC1CC(C=O)=[N+]([O-])C1(C)C. The molecule has 0 aliphatic carbocycles. The van der Waals surface area contributed by atoms with Crippen LogP contribution in [0.1, 0.15) is 27.2 Å². The molecule has 0 amide bonds. The minimum absolute atomic E-state index is 0.264. The summed E-state index contributed by atoms with van der Waals surface area (Å²) in [6, 6.07) is 0. The Morgan fingerprint density at radius 1 is 1.73 bits per heavy atom. The van der Waals surface area contributed by atoms with E-state index in [0.717, 1.165) is 4.74 Å². The molecule has 0 radical (unpaired) electrons. The van der Waals surface area contributed by atoms with E-state index in [9.17, 15) is 10.0 Å². The van der Waals surface area contributed by atoms with Crippen LogP contribution in [0.2, 0.25) is 0 Å². The Bertz CT molecular complexity index is 218. The molecule has 1 aliphatic heterocycles. The van der Waals surface area contributed by atoms with E-state index in [1.165, 1.54) is 0 Å². The summed E-state index contributed by atoms with van der Waals surface area (Å²) in [7, 11) is 0. The maximum Gasteiger partial charge on any atom is 0.228 e. The molecule has 1 unspecified atom stereocenters. The Morgan fingerprint density at radius 3 is 2.45 bits per heavy atom. The van der Waals surface area contributed by atoms with Gasteiger partial charge < -0.3 is 5.21 Å². The van der Waals surface area contributed by atoms with Gasteiger partial charge in [0.15, 0.2) is 5.54 Å². The van der Waals surface area contributed by atoms with Crippen molar-refractivity contribution in [2.75, 3.05) is 0 Å². The lowest BCUT2D eigenvalue weighted by Crippen LogP contribution is -2.34. The van der Waals surface area contributed by atoms with E-state index in [4.69, 9.17) is 0 Å². The lowest BCUT2D eigenvalue weighted by Gasteiger charge is -2.22. The lowest BCUT2D eigenvalue weighted by molar-refractivity contribution is -0.537. The highest BCUT2D eigenvalue weighted by Gasteiger charge is 2.43. The van der Waals surface area contributed by atoms with E-state index in [2.05, 4.69) is 0 Å². The van der Waals surface area contributed by atoms with Crippen molar-refractivity contribution in [2.45, 2.75) is 32.7 Å². The lowest BCUT2D eigenvalue weighted by atomic mass is 9.90. The second-order valence-corrected chi connectivity index (χ2v) is 3.66. The fourth-order valence-corrected chi connectivity index (χ4v) is 1.31. The van der Waals surface area contributed by atoms with Crippen molar-refractivity contribution in [1.29, 1.82) is 0 Å². The van der Waals surface area contributed by atoms with Gasteiger partial charge in [-0.05, 0) is 0 Å². The Kier molecular flexibility index (Phi) is 1.74. The van der Waals surface area contributed by atoms with E-state index < -0.39 is 5.54 Å². The molecule has 0 aromatic heterocycles. The van der Waals surface area contributed by atoms with Crippen molar-refractivity contribution < 1.29 is 9.53 Å². The molecule has 1 rings (SSSR count). The minimum Gasteiger partial charge on any atom is -0.623 e. The van der Waals surface area contributed by atoms with Crippen LogP contribution in [0.25, 0.3) is 0 Å². The summed E-state index contributed by atoms with van der Waals surface area (Å²) in [6.45, 7) is 5.71. The van der Waals surface area contributed by atoms with Gasteiger partial charge in [0.25, 0.3) is 0 Å². The van der Waals surface area contributed by atoms with Crippen molar-refractivity contribution in [2.24, 2.45) is 5.92 Å². The molecule has 0 N–H and O–H groups in total. The molecule has 0 aromatic rings. The van der Waals surface area contributed by atoms with Crippen molar-refractivity contribution >= 4 is 12.0 Å². The number of carbonyl (C=O) groups is 1. The van der Waals surface area contributed by atoms with Crippen LogP contribution in [-0.2, 0) is 4.79 Å². The van der Waals surface area contributed by atoms with Crippen LogP contribution < -0.4 is 0 Å². The van der Waals surface area contributed by atoms with Gasteiger partial charge in [-0.2, -0.15) is 0 Å². The Hall–Kier alpha value is -0.860. The van der Waals surface area contributed by atoms with Gasteiger partial charge >= 0.3 is 0 Å². The number of aldehydes is 1. The molecule has 0 spiro atoms.